The zero-order chi connectivity index (χ0) is 65.7. The van der Waals surface area contributed by atoms with Gasteiger partial charge < -0.3 is 25.6 Å². The van der Waals surface area contributed by atoms with E-state index in [4.69, 9.17) is 51.2 Å². The van der Waals surface area contributed by atoms with Crippen molar-refractivity contribution >= 4 is 19.9 Å². The highest BCUT2D eigenvalue weighted by atomic mass is 19.4. The first-order valence-electron chi connectivity index (χ1n) is 31.8. The Kier molecular flexibility index (Phi) is 9.77. The number of amides is 1. The average Bonchev–Trinajstić information content (AvgIpc) is 3.25. The fourth-order valence-corrected chi connectivity index (χ4v) is 9.35. The standard InChI is InChI=1S/C19H31B.C12H21NO2.C7H15NO.C5H5F3O2.C5H8/c1-10-14-6-12(18(14,3)4)7-15(10)19(5)13-8-16(19)11(2)17(20)9-13;1-9-5-7-10(8-6-9)13-11(14)15-12(2,3)4;1-5-2-3-6(8)4-7(5)9;1-2-4(9)10-3-5(6,7)8;1-4-5(2)3/h10-17H,6-9H2,1-5H3;5,10H,6-8H2,1-4H3,(H,13,14);5-7,9H,2-4,8H2,1H3;2H,1,3H2;4H,1-2H2,3H3/t10-,11-,12+,13+,14-,15-,16-,17-,19?;10-;5-,6-,7-;;/m001../s1/i;1D3,5D,6D2,7D2;1D3,2D2,4D2,7D;;1D2,2D2,3D3,4D. The summed E-state index contributed by atoms with van der Waals surface area (Å²) in [6, 6.07) is -4.71. The average molecular weight is 857 g/mol. The number of fused-ring (bicyclic) bond motifs is 5. The highest BCUT2D eigenvalue weighted by molar-refractivity contribution is 6.12. The van der Waals surface area contributed by atoms with Crippen LogP contribution in [0.2, 0.25) is 5.82 Å². The first-order valence-corrected chi connectivity index (χ1v) is 19.8. The van der Waals surface area contributed by atoms with Crippen LogP contribution in [0.15, 0.2) is 49.0 Å². The molecule has 0 aromatic heterocycles. The van der Waals surface area contributed by atoms with Gasteiger partial charge in [-0.2, -0.15) is 13.2 Å². The molecule has 0 heterocycles. The van der Waals surface area contributed by atoms with E-state index in [9.17, 15) is 27.9 Å². The van der Waals surface area contributed by atoms with Gasteiger partial charge in [0.1, 0.15) is 5.60 Å². The van der Waals surface area contributed by atoms with Crippen molar-refractivity contribution < 1.29 is 70.2 Å². The minimum Gasteiger partial charge on any atom is -0.453 e. The molecule has 2 radical (unpaired) electrons. The minimum absolute atomic E-state index is 0.483. The largest absolute Gasteiger partial charge is 0.453 e. The lowest BCUT2D eigenvalue weighted by Gasteiger charge is -2.72. The molecule has 1 amide bonds. The third-order valence-electron chi connectivity index (χ3n) is 12.6. The van der Waals surface area contributed by atoms with Gasteiger partial charge in [0.2, 0.25) is 0 Å². The van der Waals surface area contributed by atoms with Gasteiger partial charge >= 0.3 is 18.2 Å². The number of hydrogen-bond acceptors (Lipinski definition) is 6. The summed E-state index contributed by atoms with van der Waals surface area (Å²) in [6.07, 6.45) is -13.2. The zero-order valence-electron chi connectivity index (χ0n) is 59.5. The maximum absolute atomic E-state index is 11.8. The van der Waals surface area contributed by atoms with Crippen LogP contribution >= 0.6 is 0 Å². The van der Waals surface area contributed by atoms with Gasteiger partial charge in [-0.05, 0) is 150 Å². The summed E-state index contributed by atoms with van der Waals surface area (Å²) in [6.45, 7) is 8.16. The first kappa shape index (κ1) is 26.2. The lowest BCUT2D eigenvalue weighted by molar-refractivity contribution is -0.227. The zero-order valence-corrected chi connectivity index (χ0v) is 35.5. The van der Waals surface area contributed by atoms with Gasteiger partial charge in [-0.3, -0.25) is 0 Å². The summed E-state index contributed by atoms with van der Waals surface area (Å²) >= 11 is 0. The second kappa shape index (κ2) is 22.0. The number of alkyl halides is 3. The fourth-order valence-electron chi connectivity index (χ4n) is 9.35. The van der Waals surface area contributed by atoms with Crippen LogP contribution in [0.5, 0.6) is 0 Å². The molecule has 8 rings (SSSR count). The number of halogens is 3. The molecule has 336 valence electrons. The Morgan fingerprint density at radius 2 is 1.81 bits per heavy atom. The number of nitrogens with two attached hydrogens (primary N) is 1. The smallest absolute Gasteiger partial charge is 0.422 e. The van der Waals surface area contributed by atoms with Crippen molar-refractivity contribution in [2.75, 3.05) is 6.61 Å². The summed E-state index contributed by atoms with van der Waals surface area (Å²) in [5.74, 6) is 3.81. The number of allylic oxidation sites excluding steroid dienone is 3. The predicted octanol–water partition coefficient (Wildman–Crippen LogP) is 11.5. The molecule has 0 aromatic carbocycles. The lowest BCUT2D eigenvalue weighted by Crippen LogP contribution is -2.65. The van der Waals surface area contributed by atoms with Crippen LogP contribution in [0.4, 0.5) is 18.0 Å². The minimum atomic E-state index is -4.46. The molecule has 11 heteroatoms. The molecule has 4 bridgehead atoms. The van der Waals surface area contributed by atoms with Crippen LogP contribution in [0.3, 0.4) is 0 Å². The summed E-state index contributed by atoms with van der Waals surface area (Å²) in [4.78, 5) is 21.8. The van der Waals surface area contributed by atoms with Crippen LogP contribution in [0.1, 0.15) is 173 Å². The van der Waals surface area contributed by atoms with Crippen molar-refractivity contribution in [2.45, 2.75) is 176 Å². The number of rotatable bonds is 5. The van der Waals surface area contributed by atoms with E-state index in [0.717, 1.165) is 41.4 Å². The van der Waals surface area contributed by atoms with Crippen molar-refractivity contribution in [1.82, 2.24) is 5.32 Å². The number of carbonyl (C=O) groups is 2. The Bertz CT molecular complexity index is 2410. The Labute approximate surface area is 391 Å². The number of hydrogen-bond donors (Lipinski definition) is 3. The van der Waals surface area contributed by atoms with Crippen molar-refractivity contribution in [2.24, 2.45) is 63.9 Å². The van der Waals surface area contributed by atoms with Gasteiger partial charge in [-0.1, -0.05) is 96.6 Å². The molecule has 1 unspecified atom stereocenters. The van der Waals surface area contributed by atoms with E-state index in [1.165, 1.54) is 25.7 Å². The number of ether oxygens (including phenoxy) is 2. The highest BCUT2D eigenvalue weighted by Crippen LogP contribution is 2.74. The van der Waals surface area contributed by atoms with Crippen LogP contribution in [0, 0.1) is 58.2 Å². The van der Waals surface area contributed by atoms with E-state index < -0.39 is 150 Å². The first-order chi connectivity index (χ1) is 36.6. The quantitative estimate of drug-likeness (QED) is 0.0835. The molecule has 0 saturated heterocycles. The van der Waals surface area contributed by atoms with Gasteiger partial charge in [0.15, 0.2) is 6.61 Å². The Balaban J connectivity index is 0.000000364. The van der Waals surface area contributed by atoms with E-state index >= 15 is 0 Å². The van der Waals surface area contributed by atoms with Crippen molar-refractivity contribution in [3.05, 3.63) is 49.0 Å². The van der Waals surface area contributed by atoms with E-state index in [1.807, 2.05) is 0 Å². The second-order valence-electron chi connectivity index (χ2n) is 17.9. The van der Waals surface area contributed by atoms with E-state index in [0.29, 0.717) is 22.7 Å². The molecule has 0 aliphatic heterocycles. The number of nitrogens with one attached hydrogen (secondary N) is 1. The maximum Gasteiger partial charge on any atom is 0.422 e. The number of aliphatic hydroxyl groups is 1. The van der Waals surface area contributed by atoms with Gasteiger partial charge in [-0.15, -0.1) is 0 Å². The molecule has 7 fully saturated rings. The normalized spacial score (nSPS) is 47.5. The van der Waals surface area contributed by atoms with Gasteiger partial charge in [0.25, 0.3) is 0 Å². The van der Waals surface area contributed by atoms with Gasteiger partial charge in [0.05, 0.1) is 23.5 Å². The van der Waals surface area contributed by atoms with Gasteiger partial charge in [-0.25, -0.2) is 9.59 Å². The third-order valence-corrected chi connectivity index (χ3v) is 12.6. The molecule has 7 saturated carbocycles. The second-order valence-corrected chi connectivity index (χ2v) is 17.9. The summed E-state index contributed by atoms with van der Waals surface area (Å²) < 4.78 is 218. The Morgan fingerprint density at radius 3 is 2.32 bits per heavy atom. The Morgan fingerprint density at radius 1 is 1.15 bits per heavy atom. The molecular weight excluding hydrogens is 752 g/mol. The lowest BCUT2D eigenvalue weighted by atomic mass is 9.32. The van der Waals surface area contributed by atoms with Crippen LogP contribution in [-0.2, 0) is 14.3 Å². The molecule has 0 aromatic rings. The molecular formula is C48H80BF3N2O5. The molecule has 4 N–H and O–H groups in total. The molecule has 7 nitrogen and oxygen atoms in total. The van der Waals surface area contributed by atoms with E-state index in [-0.39, 0.29) is 0 Å². The van der Waals surface area contributed by atoms with Crippen LogP contribution < -0.4 is 11.1 Å². The number of alkyl carbamates (subject to hydrolysis) is 1. The summed E-state index contributed by atoms with van der Waals surface area (Å²) in [5, 5.41) is 12.0. The number of esters is 1. The molecule has 13 atom stereocenters. The molecule has 0 spiro atoms. The van der Waals surface area contributed by atoms with Crippen molar-refractivity contribution in [1.29, 1.82) is 0 Å². The summed E-state index contributed by atoms with van der Waals surface area (Å²) in [5.41, 5.74) is 4.09. The number of carbonyl (C=O) groups excluding carboxylic acids is 2. The van der Waals surface area contributed by atoms with E-state index in [2.05, 4.69) is 51.3 Å². The predicted molar refractivity (Wildman–Crippen MR) is 236 cm³/mol. The van der Waals surface area contributed by atoms with Crippen molar-refractivity contribution in [3.8, 4) is 0 Å². The van der Waals surface area contributed by atoms with Gasteiger partial charge in [0, 0.05) is 41.5 Å². The van der Waals surface area contributed by atoms with E-state index in [1.54, 1.807) is 20.8 Å². The van der Waals surface area contributed by atoms with Crippen LogP contribution in [0.25, 0.3) is 0 Å². The fraction of sp³-hybridized carbons (Fsp3) is 0.792. The topological polar surface area (TPSA) is 111 Å². The van der Waals surface area contributed by atoms with Crippen LogP contribution in [-0.4, -0.2) is 61.6 Å². The third kappa shape index (κ3) is 15.4. The maximum atomic E-state index is 11.8. The molecule has 8 aliphatic carbocycles. The SMILES string of the molecule is C=CC(=O)OCC(F)(F)F.[2H]C([2H])([2H])[C@@H]1C([2H])([2H])C[C@@H](N)C([2H])([2H])[C@@]1([2H])O.[2H]C([2H])=C([2H])C(=C([2H])[2H])C([2H])([2H])[2H].[2H]C1=C(C([2H])([2H])[2H])C([2H])([2H])C[C@@H](NC(=O)OC(C)(C)C)C1([2H])[2H].[B][C@H]1C[C@H]2C[C@@H]([C@@H]1C)C2(C)[C@H]1C[C@H]2C[C@@H]([C@@H]1C)C2(C)C. The highest BCUT2D eigenvalue weighted by Gasteiger charge is 2.66. The Hall–Kier alpha value is -2.53. The van der Waals surface area contributed by atoms with Crippen molar-refractivity contribution in [3.63, 3.8) is 0 Å². The monoisotopic (exact) mass is 857 g/mol. The summed E-state index contributed by atoms with van der Waals surface area (Å²) in [7, 11) is 6.36. The molecule has 8 aliphatic rings. The molecule has 59 heavy (non-hydrogen) atoms.